The van der Waals surface area contributed by atoms with Gasteiger partial charge in [-0.1, -0.05) is 25.1 Å². The Balaban J connectivity index is 1.45. The molecule has 2 aromatic rings. The largest absolute Gasteiger partial charge is 0.381 e. The minimum Gasteiger partial charge on any atom is -0.381 e. The number of amides is 1. The molecule has 26 heavy (non-hydrogen) atoms. The Kier molecular flexibility index (Phi) is 4.99. The number of para-hydroxylation sites is 1. The van der Waals surface area contributed by atoms with Crippen molar-refractivity contribution in [2.45, 2.75) is 44.7 Å². The molecule has 2 aliphatic rings. The van der Waals surface area contributed by atoms with Crippen LogP contribution in [-0.4, -0.2) is 57.4 Å². The van der Waals surface area contributed by atoms with Gasteiger partial charge in [0.15, 0.2) is 0 Å². The van der Waals surface area contributed by atoms with E-state index in [4.69, 9.17) is 4.74 Å². The van der Waals surface area contributed by atoms with Crippen LogP contribution in [-0.2, 0) is 16.0 Å². The molecule has 1 atom stereocenters. The Morgan fingerprint density at radius 1 is 1.23 bits per heavy atom. The lowest BCUT2D eigenvalue weighted by Gasteiger charge is -2.46. The number of aromatic nitrogens is 3. The second-order valence-electron chi connectivity index (χ2n) is 6.83. The summed E-state index contributed by atoms with van der Waals surface area (Å²) in [7, 11) is 0. The number of ether oxygens (including phenoxy) is 1. The molecule has 1 amide bonds. The van der Waals surface area contributed by atoms with Gasteiger partial charge >= 0.3 is 0 Å². The highest BCUT2D eigenvalue weighted by Crippen LogP contribution is 2.27. The third-order valence-corrected chi connectivity index (χ3v) is 5.25. The Labute approximate surface area is 153 Å². The highest BCUT2D eigenvalue weighted by molar-refractivity contribution is 5.94. The van der Waals surface area contributed by atoms with Gasteiger partial charge in [0.05, 0.1) is 11.7 Å². The maximum Gasteiger partial charge on any atom is 0.249 e. The van der Waals surface area contributed by atoms with Crippen molar-refractivity contribution >= 4 is 11.9 Å². The molecule has 2 saturated heterocycles. The third kappa shape index (κ3) is 3.37. The summed E-state index contributed by atoms with van der Waals surface area (Å²) < 4.78 is 7.23. The van der Waals surface area contributed by atoms with Crippen LogP contribution in [0.5, 0.6) is 0 Å². The smallest absolute Gasteiger partial charge is 0.249 e. The molecular formula is C19H25N5O2. The van der Waals surface area contributed by atoms with Crippen LogP contribution >= 0.6 is 0 Å². The van der Waals surface area contributed by atoms with Crippen LogP contribution in [0.4, 0.5) is 5.95 Å². The van der Waals surface area contributed by atoms with E-state index in [2.05, 4.69) is 20.3 Å². The van der Waals surface area contributed by atoms with Gasteiger partial charge in [-0.2, -0.15) is 4.98 Å². The molecule has 1 aromatic heterocycles. The fraction of sp³-hybridized carbons (Fsp3) is 0.526. The first kappa shape index (κ1) is 17.2. The lowest BCUT2D eigenvalue weighted by Crippen LogP contribution is -2.59. The molecule has 0 radical (unpaired) electrons. The number of hydrogen-bond donors (Lipinski definition) is 1. The average molecular weight is 355 g/mol. The zero-order valence-corrected chi connectivity index (χ0v) is 15.1. The highest BCUT2D eigenvalue weighted by Gasteiger charge is 2.39. The van der Waals surface area contributed by atoms with Crippen molar-refractivity contribution in [1.29, 1.82) is 0 Å². The number of hydrogen-bond acceptors (Lipinski definition) is 5. The molecule has 138 valence electrons. The summed E-state index contributed by atoms with van der Waals surface area (Å²) >= 11 is 0. The Bertz CT molecular complexity index is 755. The number of carbonyl (C=O) groups is 1. The second kappa shape index (κ2) is 7.55. The van der Waals surface area contributed by atoms with E-state index in [0.717, 1.165) is 57.0 Å². The van der Waals surface area contributed by atoms with Crippen LogP contribution in [0.25, 0.3) is 5.69 Å². The van der Waals surface area contributed by atoms with Crippen molar-refractivity contribution in [1.82, 2.24) is 19.7 Å². The normalized spacial score (nSPS) is 21.3. The quantitative estimate of drug-likeness (QED) is 0.888. The highest BCUT2D eigenvalue weighted by atomic mass is 16.5. The van der Waals surface area contributed by atoms with Crippen LogP contribution < -0.4 is 5.32 Å². The number of nitrogens with one attached hydrogen (secondary N) is 1. The molecule has 0 bridgehead atoms. The van der Waals surface area contributed by atoms with E-state index in [1.165, 1.54) is 0 Å². The van der Waals surface area contributed by atoms with E-state index in [1.54, 1.807) is 4.68 Å². The summed E-state index contributed by atoms with van der Waals surface area (Å²) in [6.45, 7) is 4.60. The molecule has 0 spiro atoms. The van der Waals surface area contributed by atoms with E-state index in [-0.39, 0.29) is 11.9 Å². The summed E-state index contributed by atoms with van der Waals surface area (Å²) in [5.74, 6) is 1.21. The maximum atomic E-state index is 12.7. The molecule has 2 fully saturated rings. The second-order valence-corrected chi connectivity index (χ2v) is 6.83. The van der Waals surface area contributed by atoms with Gasteiger partial charge in [0, 0.05) is 32.2 Å². The van der Waals surface area contributed by atoms with Crippen LogP contribution in [0.2, 0.25) is 0 Å². The fourth-order valence-corrected chi connectivity index (χ4v) is 3.74. The van der Waals surface area contributed by atoms with Crippen molar-refractivity contribution in [3.05, 3.63) is 36.2 Å². The molecule has 3 heterocycles. The monoisotopic (exact) mass is 355 g/mol. The number of aryl methyl sites for hydroxylation is 1. The zero-order chi connectivity index (χ0) is 17.9. The van der Waals surface area contributed by atoms with Crippen LogP contribution in [0, 0.1) is 0 Å². The van der Waals surface area contributed by atoms with Gasteiger partial charge in [0.1, 0.15) is 5.82 Å². The molecule has 0 unspecified atom stereocenters. The number of carbonyl (C=O) groups excluding carboxylic acids is 1. The SMILES string of the molecule is CCc1nc(NC(=O)[C@@H]2CCN2C2CCOCC2)nn1-c1ccccc1. The lowest BCUT2D eigenvalue weighted by molar-refractivity contribution is -0.129. The predicted molar refractivity (Wildman–Crippen MR) is 98.3 cm³/mol. The van der Waals surface area contributed by atoms with Crippen molar-refractivity contribution in [3.8, 4) is 5.69 Å². The molecule has 7 nitrogen and oxygen atoms in total. The Morgan fingerprint density at radius 3 is 2.65 bits per heavy atom. The number of anilines is 1. The van der Waals surface area contributed by atoms with E-state index < -0.39 is 0 Å². The minimum absolute atomic E-state index is 0.00407. The van der Waals surface area contributed by atoms with E-state index in [1.807, 2.05) is 37.3 Å². The minimum atomic E-state index is -0.0770. The summed E-state index contributed by atoms with van der Waals surface area (Å²) in [4.78, 5) is 19.5. The molecule has 2 aliphatic heterocycles. The maximum absolute atomic E-state index is 12.7. The van der Waals surface area contributed by atoms with Gasteiger partial charge in [0.25, 0.3) is 0 Å². The fourth-order valence-electron chi connectivity index (χ4n) is 3.74. The van der Waals surface area contributed by atoms with Crippen molar-refractivity contribution in [2.24, 2.45) is 0 Å². The van der Waals surface area contributed by atoms with Crippen LogP contribution in [0.3, 0.4) is 0 Å². The van der Waals surface area contributed by atoms with E-state index >= 15 is 0 Å². The molecule has 4 rings (SSSR count). The average Bonchev–Trinajstić information content (AvgIpc) is 3.05. The molecule has 1 aromatic carbocycles. The molecule has 7 heteroatoms. The molecular weight excluding hydrogens is 330 g/mol. The van der Waals surface area contributed by atoms with E-state index in [9.17, 15) is 4.79 Å². The van der Waals surface area contributed by atoms with Gasteiger partial charge in [-0.15, -0.1) is 5.10 Å². The summed E-state index contributed by atoms with van der Waals surface area (Å²) in [5, 5.41) is 7.43. The number of likely N-dealkylation sites (tertiary alicyclic amines) is 1. The first-order chi connectivity index (χ1) is 12.8. The number of rotatable bonds is 5. The topological polar surface area (TPSA) is 72.3 Å². The standard InChI is InChI=1S/C19H25N5O2/c1-2-17-20-19(22-24(17)15-6-4-3-5-7-15)21-18(25)16-8-11-23(16)14-9-12-26-13-10-14/h3-7,14,16H,2,8-13H2,1H3,(H,21,22,25)/t16-/m0/s1. The van der Waals surface area contributed by atoms with Crippen LogP contribution in [0.15, 0.2) is 30.3 Å². The van der Waals surface area contributed by atoms with Gasteiger partial charge in [-0.3, -0.25) is 15.0 Å². The Hall–Kier alpha value is -2.25. The number of benzene rings is 1. The molecule has 0 aliphatic carbocycles. The molecule has 0 saturated carbocycles. The number of nitrogens with zero attached hydrogens (tertiary/aromatic N) is 4. The summed E-state index contributed by atoms with van der Waals surface area (Å²) in [6, 6.07) is 10.2. The lowest BCUT2D eigenvalue weighted by atomic mass is 9.95. The predicted octanol–water partition coefficient (Wildman–Crippen LogP) is 2.02. The van der Waals surface area contributed by atoms with E-state index in [0.29, 0.717) is 12.0 Å². The van der Waals surface area contributed by atoms with Gasteiger partial charge in [-0.05, 0) is 31.4 Å². The summed E-state index contributed by atoms with van der Waals surface area (Å²) in [6.07, 6.45) is 3.65. The van der Waals surface area contributed by atoms with Crippen molar-refractivity contribution in [3.63, 3.8) is 0 Å². The Morgan fingerprint density at radius 2 is 2.00 bits per heavy atom. The van der Waals surface area contributed by atoms with Gasteiger partial charge in [-0.25, -0.2) is 4.68 Å². The van der Waals surface area contributed by atoms with Gasteiger partial charge < -0.3 is 4.74 Å². The summed E-state index contributed by atoms with van der Waals surface area (Å²) in [5.41, 5.74) is 0.949. The molecule has 1 N–H and O–H groups in total. The van der Waals surface area contributed by atoms with Crippen molar-refractivity contribution < 1.29 is 9.53 Å². The zero-order valence-electron chi connectivity index (χ0n) is 15.1. The van der Waals surface area contributed by atoms with Crippen molar-refractivity contribution in [2.75, 3.05) is 25.1 Å². The third-order valence-electron chi connectivity index (χ3n) is 5.25. The first-order valence-electron chi connectivity index (χ1n) is 9.42. The van der Waals surface area contributed by atoms with Crippen LogP contribution in [0.1, 0.15) is 32.0 Å². The first-order valence-corrected chi connectivity index (χ1v) is 9.42. The van der Waals surface area contributed by atoms with Gasteiger partial charge in [0.2, 0.25) is 11.9 Å².